The molecule has 1 aliphatic rings. The first-order chi connectivity index (χ1) is 11.9. The Morgan fingerprint density at radius 1 is 1.19 bits per heavy atom. The van der Waals surface area contributed by atoms with E-state index in [1.165, 1.54) is 0 Å². The number of phosphoric acid groups is 1. The van der Waals surface area contributed by atoms with Crippen molar-refractivity contribution < 1.29 is 23.0 Å². The van der Waals surface area contributed by atoms with Crippen LogP contribution >= 0.6 is 23.8 Å². The molecule has 0 amide bonds. The summed E-state index contributed by atoms with van der Waals surface area (Å²) in [5.74, 6) is 0. The molecule has 0 saturated carbocycles. The molecule has 1 atom stereocenters. The van der Waals surface area contributed by atoms with E-state index >= 15 is 0 Å². The summed E-state index contributed by atoms with van der Waals surface area (Å²) in [5, 5.41) is 0. The van der Waals surface area contributed by atoms with Gasteiger partial charge in [-0.25, -0.2) is 4.57 Å². The molecule has 9 heteroatoms. The number of nitrogens with zero attached hydrogens (tertiary/aromatic N) is 1. The van der Waals surface area contributed by atoms with Gasteiger partial charge in [0, 0.05) is 10.7 Å². The topological polar surface area (TPSA) is 78.9 Å². The molecular formula is C17H26BrN2O5P. The summed E-state index contributed by atoms with van der Waals surface area (Å²) in [4.78, 5) is 9.75. The van der Waals surface area contributed by atoms with Gasteiger partial charge in [0.1, 0.15) is 6.10 Å². The van der Waals surface area contributed by atoms with Crippen LogP contribution in [0.15, 0.2) is 28.9 Å². The average molecular weight is 449 g/mol. The van der Waals surface area contributed by atoms with E-state index in [4.69, 9.17) is 18.4 Å². The standard InChI is InChI=1S/C17H26BrN2O5P/c1-16(2,3)24-26(21,25-17(4,5)6)22-11-13-9-15(20-23-13)14-8-7-12(18)10-19-14/h7-10,13,20H,11H2,1-6H3. The van der Waals surface area contributed by atoms with Gasteiger partial charge in [-0.15, -0.1) is 0 Å². The molecule has 1 aromatic rings. The Hall–Kier alpha value is -0.760. The second-order valence-corrected chi connectivity index (χ2v) is 10.3. The summed E-state index contributed by atoms with van der Waals surface area (Å²) in [5.41, 5.74) is 2.89. The quantitative estimate of drug-likeness (QED) is 0.623. The fourth-order valence-electron chi connectivity index (χ4n) is 2.05. The van der Waals surface area contributed by atoms with Gasteiger partial charge in [-0.2, -0.15) is 0 Å². The zero-order valence-electron chi connectivity index (χ0n) is 15.9. The zero-order valence-corrected chi connectivity index (χ0v) is 18.4. The van der Waals surface area contributed by atoms with Crippen molar-refractivity contribution in [2.75, 3.05) is 6.61 Å². The Labute approximate surface area is 163 Å². The summed E-state index contributed by atoms with van der Waals surface area (Å²) in [6.07, 6.45) is 3.06. The summed E-state index contributed by atoms with van der Waals surface area (Å²) in [6, 6.07) is 3.74. The minimum atomic E-state index is -3.77. The summed E-state index contributed by atoms with van der Waals surface area (Å²) in [7, 11) is -3.77. The van der Waals surface area contributed by atoms with Crippen LogP contribution in [0, 0.1) is 0 Å². The lowest BCUT2D eigenvalue weighted by Crippen LogP contribution is -2.26. The maximum absolute atomic E-state index is 13.0. The van der Waals surface area contributed by atoms with Gasteiger partial charge in [0.2, 0.25) is 0 Å². The highest BCUT2D eigenvalue weighted by atomic mass is 79.9. The van der Waals surface area contributed by atoms with Crippen molar-refractivity contribution >= 4 is 29.4 Å². The number of pyridine rings is 1. The summed E-state index contributed by atoms with van der Waals surface area (Å²) in [6.45, 7) is 10.8. The van der Waals surface area contributed by atoms with E-state index in [2.05, 4.69) is 26.4 Å². The van der Waals surface area contributed by atoms with Crippen molar-refractivity contribution in [2.24, 2.45) is 0 Å². The molecule has 0 spiro atoms. The number of aromatic nitrogens is 1. The van der Waals surface area contributed by atoms with Crippen LogP contribution in [0.1, 0.15) is 47.2 Å². The van der Waals surface area contributed by atoms with Crippen LogP contribution in [0.4, 0.5) is 0 Å². The van der Waals surface area contributed by atoms with E-state index in [0.29, 0.717) is 0 Å². The Morgan fingerprint density at radius 3 is 2.31 bits per heavy atom. The highest BCUT2D eigenvalue weighted by molar-refractivity contribution is 9.10. The summed E-state index contributed by atoms with van der Waals surface area (Å²) >= 11 is 3.35. The van der Waals surface area contributed by atoms with E-state index in [9.17, 15) is 4.57 Å². The SMILES string of the molecule is CC(C)(C)OP(=O)(OCC1C=C(c2ccc(Br)cn2)NO1)OC(C)(C)C. The molecule has 0 saturated heterocycles. The van der Waals surface area contributed by atoms with Gasteiger partial charge >= 0.3 is 7.82 Å². The Bertz CT molecular complexity index is 675. The zero-order chi connectivity index (χ0) is 19.6. The van der Waals surface area contributed by atoms with Gasteiger partial charge in [-0.05, 0) is 75.7 Å². The van der Waals surface area contributed by atoms with Crippen LogP contribution in [-0.4, -0.2) is 28.9 Å². The third-order valence-corrected chi connectivity index (χ3v) is 5.32. The lowest BCUT2D eigenvalue weighted by Gasteiger charge is -2.31. The molecule has 146 valence electrons. The van der Waals surface area contributed by atoms with Gasteiger partial charge in [0.05, 0.1) is 29.2 Å². The van der Waals surface area contributed by atoms with Gasteiger partial charge in [0.15, 0.2) is 0 Å². The van der Waals surface area contributed by atoms with E-state index < -0.39 is 25.1 Å². The van der Waals surface area contributed by atoms with E-state index in [1.807, 2.05) is 18.2 Å². The third-order valence-electron chi connectivity index (χ3n) is 2.84. The first kappa shape index (κ1) is 21.5. The molecule has 0 aromatic carbocycles. The normalized spacial score (nSPS) is 18.6. The lowest BCUT2D eigenvalue weighted by molar-refractivity contribution is -0.0236. The van der Waals surface area contributed by atoms with Gasteiger partial charge < -0.3 is 0 Å². The molecule has 1 unspecified atom stereocenters. The number of hydroxylamine groups is 1. The van der Waals surface area contributed by atoms with Gasteiger partial charge in [0.25, 0.3) is 0 Å². The van der Waals surface area contributed by atoms with Crippen molar-refractivity contribution in [3.8, 4) is 0 Å². The number of halogens is 1. The Balaban J connectivity index is 2.04. The van der Waals surface area contributed by atoms with Crippen molar-refractivity contribution in [1.82, 2.24) is 10.5 Å². The highest BCUT2D eigenvalue weighted by Gasteiger charge is 2.38. The fourth-order valence-corrected chi connectivity index (χ4v) is 4.10. The predicted octanol–water partition coefficient (Wildman–Crippen LogP) is 4.84. The Kier molecular flexibility index (Phi) is 6.70. The van der Waals surface area contributed by atoms with Crippen LogP contribution < -0.4 is 5.48 Å². The molecule has 7 nitrogen and oxygen atoms in total. The molecule has 1 N–H and O–H groups in total. The maximum Gasteiger partial charge on any atom is 0.475 e. The van der Waals surface area contributed by atoms with Crippen LogP contribution in [-0.2, 0) is 23.0 Å². The first-order valence-corrected chi connectivity index (χ1v) is 10.5. The van der Waals surface area contributed by atoms with Crippen LogP contribution in [0.5, 0.6) is 0 Å². The molecule has 2 rings (SSSR count). The van der Waals surface area contributed by atoms with Crippen molar-refractivity contribution in [2.45, 2.75) is 58.8 Å². The van der Waals surface area contributed by atoms with E-state index in [0.717, 1.165) is 15.9 Å². The number of phosphoric ester groups is 1. The van der Waals surface area contributed by atoms with Gasteiger partial charge in [-0.3, -0.25) is 28.9 Å². The molecule has 2 heterocycles. The number of rotatable bonds is 6. The molecule has 0 aliphatic carbocycles. The highest BCUT2D eigenvalue weighted by Crippen LogP contribution is 2.55. The van der Waals surface area contributed by atoms with Crippen LogP contribution in [0.25, 0.3) is 5.70 Å². The Morgan fingerprint density at radius 2 is 1.81 bits per heavy atom. The van der Waals surface area contributed by atoms with E-state index in [1.54, 1.807) is 47.7 Å². The largest absolute Gasteiger partial charge is 0.475 e. The van der Waals surface area contributed by atoms with Crippen molar-refractivity contribution in [3.63, 3.8) is 0 Å². The monoisotopic (exact) mass is 448 g/mol. The molecule has 26 heavy (non-hydrogen) atoms. The molecule has 1 aromatic heterocycles. The molecule has 1 aliphatic heterocycles. The van der Waals surface area contributed by atoms with E-state index in [-0.39, 0.29) is 6.61 Å². The molecule has 0 radical (unpaired) electrons. The van der Waals surface area contributed by atoms with Crippen molar-refractivity contribution in [3.05, 3.63) is 34.6 Å². The second-order valence-electron chi connectivity index (χ2n) is 7.85. The molecular weight excluding hydrogens is 423 g/mol. The summed E-state index contributed by atoms with van der Waals surface area (Å²) < 4.78 is 30.6. The number of hydrogen-bond acceptors (Lipinski definition) is 7. The minimum Gasteiger partial charge on any atom is -0.284 e. The second kappa shape index (κ2) is 8.09. The predicted molar refractivity (Wildman–Crippen MR) is 103 cm³/mol. The molecule has 0 bridgehead atoms. The maximum atomic E-state index is 13.0. The first-order valence-electron chi connectivity index (χ1n) is 8.27. The third kappa shape index (κ3) is 7.10. The smallest absolute Gasteiger partial charge is 0.284 e. The van der Waals surface area contributed by atoms with Gasteiger partial charge in [-0.1, -0.05) is 0 Å². The van der Waals surface area contributed by atoms with Crippen LogP contribution in [0.3, 0.4) is 0 Å². The fraction of sp³-hybridized carbons (Fsp3) is 0.588. The minimum absolute atomic E-state index is 0.0104. The number of hydrogen-bond donors (Lipinski definition) is 1. The average Bonchev–Trinajstić information content (AvgIpc) is 2.91. The van der Waals surface area contributed by atoms with Crippen LogP contribution in [0.2, 0.25) is 0 Å². The number of nitrogens with one attached hydrogen (secondary N) is 1. The van der Waals surface area contributed by atoms with Crippen molar-refractivity contribution in [1.29, 1.82) is 0 Å². The molecule has 0 fully saturated rings. The lowest BCUT2D eigenvalue weighted by atomic mass is 10.2.